The van der Waals surface area contributed by atoms with Crippen LogP contribution in [0.4, 0.5) is 0 Å². The minimum absolute atomic E-state index is 0.0199. The van der Waals surface area contributed by atoms with Crippen LogP contribution in [-0.4, -0.2) is 71.9 Å². The molecule has 8 nitrogen and oxygen atoms in total. The highest BCUT2D eigenvalue weighted by molar-refractivity contribution is 5.83. The summed E-state index contributed by atoms with van der Waals surface area (Å²) in [5.41, 5.74) is 1.00. The summed E-state index contributed by atoms with van der Waals surface area (Å²) in [6.07, 6.45) is 1.53. The molecular formula is C14H23N5O3. The zero-order valence-electron chi connectivity index (χ0n) is 13.3. The molecule has 1 aliphatic rings. The fraction of sp³-hybridized carbons (Fsp3) is 0.643. The Morgan fingerprint density at radius 1 is 1.55 bits per heavy atom. The SMILES string of the molecule is CC(=O)NCC(=O)N1CCOC(c2ncc(CN(C)C)[nH]2)C1. The lowest BCUT2D eigenvalue weighted by atomic mass is 10.2. The molecule has 1 unspecified atom stereocenters. The van der Waals surface area contributed by atoms with Crippen LogP contribution < -0.4 is 5.32 Å². The van der Waals surface area contributed by atoms with Crippen LogP contribution in [0.25, 0.3) is 0 Å². The number of carbonyl (C=O) groups excluding carboxylic acids is 2. The third-order valence-corrected chi connectivity index (χ3v) is 3.35. The molecule has 1 saturated heterocycles. The number of aromatic amines is 1. The summed E-state index contributed by atoms with van der Waals surface area (Å²) in [5, 5.41) is 2.52. The molecular weight excluding hydrogens is 286 g/mol. The van der Waals surface area contributed by atoms with Crippen molar-refractivity contribution in [2.24, 2.45) is 0 Å². The van der Waals surface area contributed by atoms with Crippen molar-refractivity contribution in [1.29, 1.82) is 0 Å². The van der Waals surface area contributed by atoms with Crippen LogP contribution in [0, 0.1) is 0 Å². The first kappa shape index (κ1) is 16.4. The van der Waals surface area contributed by atoms with E-state index in [0.29, 0.717) is 19.7 Å². The number of nitrogens with zero attached hydrogens (tertiary/aromatic N) is 3. The topological polar surface area (TPSA) is 90.6 Å². The van der Waals surface area contributed by atoms with Gasteiger partial charge in [-0.15, -0.1) is 0 Å². The molecule has 0 aromatic carbocycles. The van der Waals surface area contributed by atoms with Gasteiger partial charge in [0.1, 0.15) is 11.9 Å². The highest BCUT2D eigenvalue weighted by atomic mass is 16.5. The number of amides is 2. The van der Waals surface area contributed by atoms with E-state index in [1.54, 1.807) is 11.1 Å². The molecule has 122 valence electrons. The summed E-state index contributed by atoms with van der Waals surface area (Å²) in [6, 6.07) is 0. The number of imidazole rings is 1. The van der Waals surface area contributed by atoms with Gasteiger partial charge in [0.25, 0.3) is 0 Å². The van der Waals surface area contributed by atoms with E-state index in [1.807, 2.05) is 19.0 Å². The highest BCUT2D eigenvalue weighted by Crippen LogP contribution is 2.20. The highest BCUT2D eigenvalue weighted by Gasteiger charge is 2.27. The predicted octanol–water partition coefficient (Wildman–Crippen LogP) is -0.493. The minimum atomic E-state index is -0.258. The summed E-state index contributed by atoms with van der Waals surface area (Å²) >= 11 is 0. The molecule has 0 bridgehead atoms. The largest absolute Gasteiger partial charge is 0.367 e. The summed E-state index contributed by atoms with van der Waals surface area (Å²) in [6.45, 7) is 3.61. The second kappa shape index (κ2) is 7.37. The maximum Gasteiger partial charge on any atom is 0.242 e. The summed E-state index contributed by atoms with van der Waals surface area (Å²) < 4.78 is 5.70. The Bertz CT molecular complexity index is 528. The van der Waals surface area contributed by atoms with Gasteiger partial charge in [-0.3, -0.25) is 9.59 Å². The Labute approximate surface area is 129 Å². The fourth-order valence-corrected chi connectivity index (χ4v) is 2.31. The van der Waals surface area contributed by atoms with E-state index in [1.165, 1.54) is 6.92 Å². The summed E-state index contributed by atoms with van der Waals surface area (Å²) in [5.74, 6) is 0.412. The van der Waals surface area contributed by atoms with Crippen LogP contribution in [0.2, 0.25) is 0 Å². The van der Waals surface area contributed by atoms with E-state index in [9.17, 15) is 9.59 Å². The first-order valence-electron chi connectivity index (χ1n) is 7.28. The van der Waals surface area contributed by atoms with Gasteiger partial charge in [0.05, 0.1) is 19.7 Å². The van der Waals surface area contributed by atoms with Crippen molar-refractivity contribution in [2.45, 2.75) is 19.6 Å². The predicted molar refractivity (Wildman–Crippen MR) is 79.9 cm³/mol. The molecule has 1 atom stereocenters. The number of aromatic nitrogens is 2. The average Bonchev–Trinajstić information content (AvgIpc) is 2.92. The molecule has 2 heterocycles. The molecule has 0 radical (unpaired) electrons. The molecule has 0 saturated carbocycles. The van der Waals surface area contributed by atoms with Crippen LogP contribution in [-0.2, 0) is 20.9 Å². The molecule has 2 N–H and O–H groups in total. The number of carbonyl (C=O) groups is 2. The van der Waals surface area contributed by atoms with E-state index < -0.39 is 0 Å². The lowest BCUT2D eigenvalue weighted by molar-refractivity contribution is -0.139. The average molecular weight is 309 g/mol. The lowest BCUT2D eigenvalue weighted by Gasteiger charge is -2.32. The van der Waals surface area contributed by atoms with Crippen molar-refractivity contribution in [3.63, 3.8) is 0 Å². The smallest absolute Gasteiger partial charge is 0.242 e. The number of ether oxygens (including phenoxy) is 1. The molecule has 8 heteroatoms. The number of H-pyrrole nitrogens is 1. The Balaban J connectivity index is 1.93. The van der Waals surface area contributed by atoms with Crippen LogP contribution in [0.5, 0.6) is 0 Å². The molecule has 2 rings (SSSR count). The van der Waals surface area contributed by atoms with E-state index in [2.05, 4.69) is 15.3 Å². The van der Waals surface area contributed by atoms with Gasteiger partial charge in [-0.25, -0.2) is 4.98 Å². The van der Waals surface area contributed by atoms with Gasteiger partial charge in [-0.2, -0.15) is 0 Å². The minimum Gasteiger partial charge on any atom is -0.367 e. The van der Waals surface area contributed by atoms with Crippen LogP contribution in [0.15, 0.2) is 6.20 Å². The van der Waals surface area contributed by atoms with Crippen molar-refractivity contribution in [3.8, 4) is 0 Å². The summed E-state index contributed by atoms with van der Waals surface area (Å²) in [4.78, 5) is 34.3. The van der Waals surface area contributed by atoms with E-state index in [4.69, 9.17) is 4.74 Å². The molecule has 1 fully saturated rings. The van der Waals surface area contributed by atoms with Gasteiger partial charge in [0.2, 0.25) is 11.8 Å². The van der Waals surface area contributed by atoms with Gasteiger partial charge in [-0.1, -0.05) is 0 Å². The number of hydrogen-bond donors (Lipinski definition) is 2. The Kier molecular flexibility index (Phi) is 5.51. The van der Waals surface area contributed by atoms with E-state index in [-0.39, 0.29) is 24.5 Å². The van der Waals surface area contributed by atoms with Crippen molar-refractivity contribution < 1.29 is 14.3 Å². The molecule has 1 aromatic rings. The standard InChI is InChI=1S/C14H23N5O3/c1-10(20)15-7-13(21)19-4-5-22-12(9-19)14-16-6-11(17-14)8-18(2)3/h6,12H,4-5,7-9H2,1-3H3,(H,15,20)(H,16,17). The second-order valence-corrected chi connectivity index (χ2v) is 5.64. The van der Waals surface area contributed by atoms with Crippen molar-refractivity contribution in [2.75, 3.05) is 40.3 Å². The number of rotatable bonds is 5. The van der Waals surface area contributed by atoms with Gasteiger partial charge in [0.15, 0.2) is 0 Å². The van der Waals surface area contributed by atoms with Gasteiger partial charge < -0.3 is 24.8 Å². The van der Waals surface area contributed by atoms with Gasteiger partial charge >= 0.3 is 0 Å². The van der Waals surface area contributed by atoms with Crippen LogP contribution >= 0.6 is 0 Å². The van der Waals surface area contributed by atoms with E-state index in [0.717, 1.165) is 18.1 Å². The molecule has 1 aliphatic heterocycles. The maximum atomic E-state index is 12.0. The van der Waals surface area contributed by atoms with E-state index >= 15 is 0 Å². The lowest BCUT2D eigenvalue weighted by Crippen LogP contribution is -2.46. The molecule has 0 aliphatic carbocycles. The molecule has 2 amide bonds. The Hall–Kier alpha value is -1.93. The van der Waals surface area contributed by atoms with Crippen molar-refractivity contribution in [1.82, 2.24) is 25.1 Å². The Morgan fingerprint density at radius 3 is 3.00 bits per heavy atom. The fourth-order valence-electron chi connectivity index (χ4n) is 2.31. The molecule has 0 spiro atoms. The first-order chi connectivity index (χ1) is 10.5. The van der Waals surface area contributed by atoms with Crippen molar-refractivity contribution >= 4 is 11.8 Å². The number of hydrogen-bond acceptors (Lipinski definition) is 5. The van der Waals surface area contributed by atoms with Crippen molar-refractivity contribution in [3.05, 3.63) is 17.7 Å². The normalized spacial score (nSPS) is 18.5. The quantitative estimate of drug-likeness (QED) is 0.766. The number of morpholine rings is 1. The molecule has 22 heavy (non-hydrogen) atoms. The zero-order chi connectivity index (χ0) is 16.1. The Morgan fingerprint density at radius 2 is 2.32 bits per heavy atom. The third kappa shape index (κ3) is 4.54. The number of nitrogens with one attached hydrogen (secondary N) is 2. The van der Waals surface area contributed by atoms with Crippen LogP contribution in [0.1, 0.15) is 24.5 Å². The van der Waals surface area contributed by atoms with Gasteiger partial charge in [0, 0.05) is 31.9 Å². The van der Waals surface area contributed by atoms with Gasteiger partial charge in [-0.05, 0) is 14.1 Å². The maximum absolute atomic E-state index is 12.0. The second-order valence-electron chi connectivity index (χ2n) is 5.64. The zero-order valence-corrected chi connectivity index (χ0v) is 13.3. The first-order valence-corrected chi connectivity index (χ1v) is 7.28. The summed E-state index contributed by atoms with van der Waals surface area (Å²) in [7, 11) is 3.97. The van der Waals surface area contributed by atoms with Crippen LogP contribution in [0.3, 0.4) is 0 Å². The molecule has 1 aromatic heterocycles. The third-order valence-electron chi connectivity index (χ3n) is 3.35. The monoisotopic (exact) mass is 309 g/mol.